The van der Waals surface area contributed by atoms with Gasteiger partial charge in [0, 0.05) is 5.75 Å². The van der Waals surface area contributed by atoms with E-state index >= 15 is 0 Å². The van der Waals surface area contributed by atoms with Gasteiger partial charge in [-0.15, -0.1) is 0 Å². The third-order valence-corrected chi connectivity index (χ3v) is 4.33. The number of carbonyl (C=O) groups excluding carboxylic acids is 1. The van der Waals surface area contributed by atoms with Crippen LogP contribution in [0.15, 0.2) is 4.34 Å². The molecule has 1 atom stereocenters. The highest BCUT2D eigenvalue weighted by molar-refractivity contribution is 8.01. The minimum absolute atomic E-state index is 0.362. The monoisotopic (exact) mass is 246 g/mol. The minimum atomic E-state index is -0.704. The molecule has 0 aliphatic rings. The Bertz CT molecular complexity index is 354. The van der Waals surface area contributed by atoms with Gasteiger partial charge in [0.05, 0.1) is 0 Å². The molecular weight excluding hydrogens is 232 g/mol. The number of primary amides is 1. The van der Waals surface area contributed by atoms with Crippen LogP contribution in [0.4, 0.5) is 0 Å². The van der Waals surface area contributed by atoms with Crippen LogP contribution < -0.4 is 11.1 Å². The predicted octanol–water partition coefficient (Wildman–Crippen LogP) is 0.402. The van der Waals surface area contributed by atoms with Gasteiger partial charge in [0.2, 0.25) is 5.91 Å². The van der Waals surface area contributed by atoms with E-state index in [9.17, 15) is 4.79 Å². The van der Waals surface area contributed by atoms with Gasteiger partial charge in [0.1, 0.15) is 11.4 Å². The molecule has 5 nitrogen and oxygen atoms in total. The number of thioether (sulfide) groups is 1. The molecule has 0 spiro atoms. The summed E-state index contributed by atoms with van der Waals surface area (Å²) in [7, 11) is 1.72. The number of carbonyl (C=O) groups is 1. The van der Waals surface area contributed by atoms with Gasteiger partial charge in [0.15, 0.2) is 4.34 Å². The molecule has 3 N–H and O–H groups in total. The number of amides is 1. The number of nitrogens with two attached hydrogens (primary N) is 1. The van der Waals surface area contributed by atoms with Crippen molar-refractivity contribution in [3.8, 4) is 0 Å². The smallest absolute Gasteiger partial charge is 0.238 e. The Morgan fingerprint density at radius 3 is 2.80 bits per heavy atom. The SMILES string of the molecule is CNC(C)(CSc1nc(C)ns1)C(N)=O. The highest BCUT2D eigenvalue weighted by atomic mass is 32.2. The van der Waals surface area contributed by atoms with Gasteiger partial charge < -0.3 is 11.1 Å². The number of aryl methyl sites for hydroxylation is 1. The molecule has 0 aromatic carbocycles. The Hall–Kier alpha value is -0.660. The first-order valence-electron chi connectivity index (χ1n) is 4.40. The van der Waals surface area contributed by atoms with E-state index in [1.165, 1.54) is 23.3 Å². The number of rotatable bonds is 5. The van der Waals surface area contributed by atoms with Crippen LogP contribution in [-0.2, 0) is 4.79 Å². The van der Waals surface area contributed by atoms with E-state index in [-0.39, 0.29) is 5.91 Å². The van der Waals surface area contributed by atoms with Gasteiger partial charge in [0.25, 0.3) is 0 Å². The summed E-state index contributed by atoms with van der Waals surface area (Å²) in [6, 6.07) is 0. The molecule has 0 fully saturated rings. The van der Waals surface area contributed by atoms with Crippen LogP contribution in [0.3, 0.4) is 0 Å². The second kappa shape index (κ2) is 4.91. The lowest BCUT2D eigenvalue weighted by molar-refractivity contribution is -0.122. The summed E-state index contributed by atoms with van der Waals surface area (Å²) in [6.45, 7) is 3.61. The number of likely N-dealkylation sites (N-methyl/N-ethyl adjacent to an activating group) is 1. The molecule has 84 valence electrons. The quantitative estimate of drug-likeness (QED) is 0.735. The van der Waals surface area contributed by atoms with Gasteiger partial charge in [-0.1, -0.05) is 11.8 Å². The van der Waals surface area contributed by atoms with E-state index in [1.54, 1.807) is 14.0 Å². The van der Waals surface area contributed by atoms with Crippen molar-refractivity contribution in [2.75, 3.05) is 12.8 Å². The van der Waals surface area contributed by atoms with E-state index in [1.807, 2.05) is 6.92 Å². The Labute approximate surface area is 97.0 Å². The standard InChI is InChI=1S/C8H14N4OS2/c1-5-11-7(15-12-5)14-4-8(2,10-3)6(9)13/h10H,4H2,1-3H3,(H2,9,13). The fraction of sp³-hybridized carbons (Fsp3) is 0.625. The van der Waals surface area contributed by atoms with Crippen LogP contribution in [-0.4, -0.2) is 33.6 Å². The Morgan fingerprint density at radius 2 is 2.40 bits per heavy atom. The third kappa shape index (κ3) is 3.15. The molecule has 1 aromatic rings. The molecule has 1 unspecified atom stereocenters. The van der Waals surface area contributed by atoms with Crippen molar-refractivity contribution in [1.29, 1.82) is 0 Å². The maximum Gasteiger partial charge on any atom is 0.238 e. The molecule has 7 heteroatoms. The lowest BCUT2D eigenvalue weighted by Gasteiger charge is -2.24. The zero-order valence-electron chi connectivity index (χ0n) is 8.90. The molecule has 0 saturated carbocycles. The number of aromatic nitrogens is 2. The van der Waals surface area contributed by atoms with Gasteiger partial charge in [-0.05, 0) is 32.4 Å². The summed E-state index contributed by atoms with van der Waals surface area (Å²) in [4.78, 5) is 15.4. The normalized spacial score (nSPS) is 14.9. The zero-order chi connectivity index (χ0) is 11.5. The highest BCUT2D eigenvalue weighted by Gasteiger charge is 2.29. The van der Waals surface area contributed by atoms with Gasteiger partial charge >= 0.3 is 0 Å². The fourth-order valence-corrected chi connectivity index (χ4v) is 2.63. The van der Waals surface area contributed by atoms with Crippen molar-refractivity contribution in [3.63, 3.8) is 0 Å². The average Bonchev–Trinajstić information content (AvgIpc) is 2.60. The lowest BCUT2D eigenvalue weighted by Crippen LogP contribution is -2.53. The summed E-state index contributed by atoms with van der Waals surface area (Å²) in [5, 5.41) is 2.92. The van der Waals surface area contributed by atoms with E-state index in [4.69, 9.17) is 5.73 Å². The maximum atomic E-state index is 11.2. The highest BCUT2D eigenvalue weighted by Crippen LogP contribution is 2.23. The van der Waals surface area contributed by atoms with Gasteiger partial charge in [-0.25, -0.2) is 4.98 Å². The van der Waals surface area contributed by atoms with Gasteiger partial charge in [-0.3, -0.25) is 4.79 Å². The molecule has 15 heavy (non-hydrogen) atoms. The minimum Gasteiger partial charge on any atom is -0.368 e. The second-order valence-electron chi connectivity index (χ2n) is 3.34. The van der Waals surface area contributed by atoms with E-state index in [0.29, 0.717) is 5.75 Å². The fourth-order valence-electron chi connectivity index (χ4n) is 0.809. The molecule has 0 bridgehead atoms. The summed E-state index contributed by atoms with van der Waals surface area (Å²) in [5.74, 6) is 0.944. The third-order valence-electron chi connectivity index (χ3n) is 2.09. The molecule has 1 rings (SSSR count). The first kappa shape index (κ1) is 12.4. The summed E-state index contributed by atoms with van der Waals surface area (Å²) in [6.07, 6.45) is 0. The van der Waals surface area contributed by atoms with E-state index in [0.717, 1.165) is 10.2 Å². The van der Waals surface area contributed by atoms with Crippen LogP contribution in [0.1, 0.15) is 12.7 Å². The molecule has 1 aromatic heterocycles. The number of nitrogens with zero attached hydrogens (tertiary/aromatic N) is 2. The Morgan fingerprint density at radius 1 is 1.73 bits per heavy atom. The van der Waals surface area contributed by atoms with Crippen LogP contribution in [0.2, 0.25) is 0 Å². The molecule has 0 aliphatic carbocycles. The number of nitrogens with one attached hydrogen (secondary N) is 1. The van der Waals surface area contributed by atoms with Crippen LogP contribution >= 0.6 is 23.3 Å². The molecular formula is C8H14N4OS2. The summed E-state index contributed by atoms with van der Waals surface area (Å²) in [5.41, 5.74) is 4.60. The second-order valence-corrected chi connectivity index (χ2v) is 5.32. The van der Waals surface area contributed by atoms with Crippen LogP contribution in [0, 0.1) is 6.92 Å². The first-order valence-corrected chi connectivity index (χ1v) is 6.16. The van der Waals surface area contributed by atoms with Crippen molar-refractivity contribution in [2.24, 2.45) is 5.73 Å². The van der Waals surface area contributed by atoms with Crippen molar-refractivity contribution in [1.82, 2.24) is 14.7 Å². The van der Waals surface area contributed by atoms with E-state index < -0.39 is 5.54 Å². The average molecular weight is 246 g/mol. The predicted molar refractivity (Wildman–Crippen MR) is 62.0 cm³/mol. The number of hydrogen-bond acceptors (Lipinski definition) is 6. The number of hydrogen-bond donors (Lipinski definition) is 2. The van der Waals surface area contributed by atoms with Gasteiger partial charge in [-0.2, -0.15) is 4.37 Å². The summed E-state index contributed by atoms with van der Waals surface area (Å²) >= 11 is 2.82. The van der Waals surface area contributed by atoms with E-state index in [2.05, 4.69) is 14.7 Å². The van der Waals surface area contributed by atoms with Crippen molar-refractivity contribution < 1.29 is 4.79 Å². The zero-order valence-corrected chi connectivity index (χ0v) is 10.5. The molecule has 0 saturated heterocycles. The van der Waals surface area contributed by atoms with Crippen LogP contribution in [0.5, 0.6) is 0 Å². The maximum absolute atomic E-state index is 11.2. The molecule has 1 heterocycles. The largest absolute Gasteiger partial charge is 0.368 e. The molecule has 0 aliphatic heterocycles. The topological polar surface area (TPSA) is 80.9 Å². The first-order chi connectivity index (χ1) is 6.98. The van der Waals surface area contributed by atoms with Crippen molar-refractivity contribution in [3.05, 3.63) is 5.82 Å². The van der Waals surface area contributed by atoms with Crippen LogP contribution in [0.25, 0.3) is 0 Å². The molecule has 1 amide bonds. The van der Waals surface area contributed by atoms with Crippen molar-refractivity contribution >= 4 is 29.2 Å². The lowest BCUT2D eigenvalue weighted by atomic mass is 10.1. The Balaban J connectivity index is 2.59. The Kier molecular flexibility index (Phi) is 4.06. The van der Waals surface area contributed by atoms with Crippen molar-refractivity contribution in [2.45, 2.75) is 23.7 Å². The molecule has 0 radical (unpaired) electrons. The summed E-state index contributed by atoms with van der Waals surface area (Å²) < 4.78 is 4.92.